The molecule has 0 spiro atoms. The highest BCUT2D eigenvalue weighted by atomic mass is 32.2. The van der Waals surface area contributed by atoms with Crippen LogP contribution in [0, 0.1) is 0 Å². The van der Waals surface area contributed by atoms with E-state index in [0.29, 0.717) is 5.92 Å². The lowest BCUT2D eigenvalue weighted by molar-refractivity contribution is 0.516. The summed E-state index contributed by atoms with van der Waals surface area (Å²) < 4.78 is 2.17. The molecule has 1 fully saturated rings. The van der Waals surface area contributed by atoms with E-state index in [0.717, 1.165) is 18.2 Å². The van der Waals surface area contributed by atoms with Crippen LogP contribution in [0.3, 0.4) is 0 Å². The van der Waals surface area contributed by atoms with Crippen molar-refractivity contribution in [3.63, 3.8) is 0 Å². The predicted molar refractivity (Wildman–Crippen MR) is 114 cm³/mol. The Bertz CT molecular complexity index is 790. The third kappa shape index (κ3) is 5.04. The zero-order valence-electron chi connectivity index (χ0n) is 15.8. The second kappa shape index (κ2) is 9.27. The van der Waals surface area contributed by atoms with Crippen LogP contribution in [0.5, 0.6) is 0 Å². The number of rotatable bonds is 7. The van der Waals surface area contributed by atoms with E-state index in [4.69, 9.17) is 0 Å². The predicted octanol–water partition coefficient (Wildman–Crippen LogP) is 6.53. The van der Waals surface area contributed by atoms with Crippen LogP contribution in [0.15, 0.2) is 78.2 Å². The van der Waals surface area contributed by atoms with E-state index in [1.807, 2.05) is 18.7 Å². The quantitative estimate of drug-likeness (QED) is 0.466. The Morgan fingerprint density at radius 1 is 0.926 bits per heavy atom. The third-order valence-electron chi connectivity index (χ3n) is 5.57. The zero-order valence-corrected chi connectivity index (χ0v) is 16.7. The molecule has 4 rings (SSSR count). The molecule has 1 aromatic heterocycles. The Balaban J connectivity index is 1.48. The van der Waals surface area contributed by atoms with E-state index in [1.165, 1.54) is 48.1 Å². The minimum atomic E-state index is 0.419. The van der Waals surface area contributed by atoms with Gasteiger partial charge in [0.05, 0.1) is 6.33 Å². The van der Waals surface area contributed by atoms with Crippen LogP contribution in [0.4, 0.5) is 0 Å². The Morgan fingerprint density at radius 2 is 1.67 bits per heavy atom. The van der Waals surface area contributed by atoms with Gasteiger partial charge in [0, 0.05) is 35.0 Å². The monoisotopic (exact) mass is 376 g/mol. The molecule has 0 saturated heterocycles. The molecule has 0 bridgehead atoms. The molecule has 3 heteroatoms. The van der Waals surface area contributed by atoms with Gasteiger partial charge in [-0.05, 0) is 42.5 Å². The molecule has 1 saturated carbocycles. The number of hydrogen-bond donors (Lipinski definition) is 0. The maximum Gasteiger partial charge on any atom is 0.0945 e. The Hall–Kier alpha value is -2.00. The summed E-state index contributed by atoms with van der Waals surface area (Å²) in [6.07, 6.45) is 13.9. The highest BCUT2D eigenvalue weighted by molar-refractivity contribution is 8.00. The summed E-state index contributed by atoms with van der Waals surface area (Å²) in [7, 11) is 0. The largest absolute Gasteiger partial charge is 0.337 e. The summed E-state index contributed by atoms with van der Waals surface area (Å²) >= 11 is 2.08. The van der Waals surface area contributed by atoms with Gasteiger partial charge in [-0.25, -0.2) is 4.98 Å². The van der Waals surface area contributed by atoms with E-state index in [2.05, 4.69) is 75.9 Å². The maximum absolute atomic E-state index is 4.17. The average Bonchev–Trinajstić information content (AvgIpc) is 3.25. The van der Waals surface area contributed by atoms with Gasteiger partial charge in [-0.2, -0.15) is 0 Å². The van der Waals surface area contributed by atoms with Crippen LogP contribution in [0.2, 0.25) is 0 Å². The maximum atomic E-state index is 4.17. The summed E-state index contributed by atoms with van der Waals surface area (Å²) in [5.41, 5.74) is 2.81. The SMILES string of the molecule is c1ccc(C(CCn2ccnc2)c2ccc(SC3CCCCC3)cc2)cc1. The van der Waals surface area contributed by atoms with Crippen molar-refractivity contribution in [1.29, 1.82) is 0 Å². The van der Waals surface area contributed by atoms with Gasteiger partial charge in [0.2, 0.25) is 0 Å². The second-order valence-corrected chi connectivity index (χ2v) is 8.87. The Labute approximate surface area is 167 Å². The number of benzene rings is 2. The standard InChI is InChI=1S/C24H28N2S/c1-3-7-20(8-4-1)24(15-17-26-18-16-25-19-26)21-11-13-23(14-12-21)27-22-9-5-2-6-10-22/h1,3-4,7-8,11-14,16,18-19,22,24H,2,5-6,9-10,15,17H2. The normalized spacial score (nSPS) is 16.3. The van der Waals surface area contributed by atoms with Gasteiger partial charge < -0.3 is 4.57 Å². The molecule has 2 aromatic carbocycles. The smallest absolute Gasteiger partial charge is 0.0945 e. The van der Waals surface area contributed by atoms with E-state index in [-0.39, 0.29) is 0 Å². The first-order valence-electron chi connectivity index (χ1n) is 10.2. The summed E-state index contributed by atoms with van der Waals surface area (Å²) in [6.45, 7) is 0.984. The molecule has 27 heavy (non-hydrogen) atoms. The molecule has 0 N–H and O–H groups in total. The minimum absolute atomic E-state index is 0.419. The average molecular weight is 377 g/mol. The van der Waals surface area contributed by atoms with Crippen LogP contribution in [-0.2, 0) is 6.54 Å². The fourth-order valence-electron chi connectivity index (χ4n) is 4.06. The van der Waals surface area contributed by atoms with Gasteiger partial charge in [0.15, 0.2) is 0 Å². The van der Waals surface area contributed by atoms with Gasteiger partial charge in [-0.3, -0.25) is 0 Å². The number of thioether (sulfide) groups is 1. The summed E-state index contributed by atoms with van der Waals surface area (Å²) in [4.78, 5) is 5.60. The number of nitrogens with zero attached hydrogens (tertiary/aromatic N) is 2. The molecular weight excluding hydrogens is 348 g/mol. The second-order valence-electron chi connectivity index (χ2n) is 7.50. The molecule has 140 valence electrons. The van der Waals surface area contributed by atoms with Gasteiger partial charge in [0.25, 0.3) is 0 Å². The van der Waals surface area contributed by atoms with Crippen molar-refractivity contribution >= 4 is 11.8 Å². The lowest BCUT2D eigenvalue weighted by Gasteiger charge is -2.22. The van der Waals surface area contributed by atoms with Crippen molar-refractivity contribution in [2.45, 2.75) is 61.1 Å². The van der Waals surface area contributed by atoms with Crippen LogP contribution >= 0.6 is 11.8 Å². The number of imidazole rings is 1. The summed E-state index contributed by atoms with van der Waals surface area (Å²) in [6, 6.07) is 20.3. The zero-order chi connectivity index (χ0) is 18.3. The van der Waals surface area contributed by atoms with Crippen LogP contribution in [-0.4, -0.2) is 14.8 Å². The summed E-state index contributed by atoms with van der Waals surface area (Å²) in [5, 5.41) is 0.816. The Kier molecular flexibility index (Phi) is 6.31. The first kappa shape index (κ1) is 18.4. The molecule has 1 atom stereocenters. The molecule has 1 aliphatic rings. The van der Waals surface area contributed by atoms with Gasteiger partial charge in [-0.1, -0.05) is 61.7 Å². The van der Waals surface area contributed by atoms with Crippen molar-refractivity contribution in [3.8, 4) is 0 Å². The number of aromatic nitrogens is 2. The van der Waals surface area contributed by atoms with E-state index in [9.17, 15) is 0 Å². The fraction of sp³-hybridized carbons (Fsp3) is 0.375. The first-order valence-corrected chi connectivity index (χ1v) is 11.0. The van der Waals surface area contributed by atoms with Crippen LogP contribution < -0.4 is 0 Å². The van der Waals surface area contributed by atoms with Gasteiger partial charge in [-0.15, -0.1) is 11.8 Å². The lowest BCUT2D eigenvalue weighted by atomic mass is 9.88. The molecule has 0 amide bonds. The highest BCUT2D eigenvalue weighted by Gasteiger charge is 2.17. The van der Waals surface area contributed by atoms with E-state index >= 15 is 0 Å². The highest BCUT2D eigenvalue weighted by Crippen LogP contribution is 2.35. The van der Waals surface area contributed by atoms with Gasteiger partial charge >= 0.3 is 0 Å². The van der Waals surface area contributed by atoms with Crippen LogP contribution in [0.25, 0.3) is 0 Å². The molecule has 0 aliphatic heterocycles. The van der Waals surface area contributed by atoms with Crippen molar-refractivity contribution in [2.75, 3.05) is 0 Å². The lowest BCUT2D eigenvalue weighted by Crippen LogP contribution is -2.08. The topological polar surface area (TPSA) is 17.8 Å². The Morgan fingerprint density at radius 3 is 2.37 bits per heavy atom. The van der Waals surface area contributed by atoms with Crippen LogP contribution in [0.1, 0.15) is 55.6 Å². The van der Waals surface area contributed by atoms with Gasteiger partial charge in [0.1, 0.15) is 0 Å². The molecule has 1 unspecified atom stereocenters. The molecule has 0 radical (unpaired) electrons. The molecular formula is C24H28N2S. The number of hydrogen-bond acceptors (Lipinski definition) is 2. The number of aryl methyl sites for hydroxylation is 1. The van der Waals surface area contributed by atoms with Crippen molar-refractivity contribution < 1.29 is 0 Å². The van der Waals surface area contributed by atoms with E-state index in [1.54, 1.807) is 0 Å². The first-order chi connectivity index (χ1) is 13.4. The fourth-order valence-corrected chi connectivity index (χ4v) is 5.31. The van der Waals surface area contributed by atoms with E-state index < -0.39 is 0 Å². The van der Waals surface area contributed by atoms with Crippen molar-refractivity contribution in [1.82, 2.24) is 9.55 Å². The molecule has 3 aromatic rings. The van der Waals surface area contributed by atoms with Crippen molar-refractivity contribution in [2.24, 2.45) is 0 Å². The molecule has 1 heterocycles. The molecule has 1 aliphatic carbocycles. The third-order valence-corrected chi connectivity index (χ3v) is 6.92. The summed E-state index contributed by atoms with van der Waals surface area (Å²) in [5.74, 6) is 0.419. The molecule has 2 nitrogen and oxygen atoms in total. The van der Waals surface area contributed by atoms with Crippen molar-refractivity contribution in [3.05, 3.63) is 84.4 Å². The minimum Gasteiger partial charge on any atom is -0.337 e.